The smallest absolute Gasteiger partial charge is 0.756 e. The second kappa shape index (κ2) is 15.6. The number of phosphoric ester groups is 2. The molecule has 0 radical (unpaired) electrons. The number of ether oxygens (including phenoxy) is 2. The van der Waals surface area contributed by atoms with Crippen LogP contribution in [0.3, 0.4) is 0 Å². The Hall–Kier alpha value is -0.460. The van der Waals surface area contributed by atoms with Gasteiger partial charge in [0.25, 0.3) is 33.0 Å². The summed E-state index contributed by atoms with van der Waals surface area (Å²) in [5, 5.41) is 50.4. The standard InChI is InChI=1S/C19H25N3O18P2.2Na/c23-5-7-13(27)15(29)12(22-10(25)1-2-11(22)26)18(38-7)39-42(34,35)40-41(32,33)36-6-8-14(28)16(30)17(37-8)21-4-3-9(24)20-19(21)31;;/h1-4,7-8,12-18,23,27-30H,5-6H2,(H,32,33)(H,34,35)(H,20,24,31);;/q;2*+1/p-2/t7-,8-,12-,13+,14-,15-,16-,17-,18-;;/m1../s1. The summed E-state index contributed by atoms with van der Waals surface area (Å²) in [6, 6.07) is -1.17. The van der Waals surface area contributed by atoms with E-state index in [1.807, 2.05) is 4.98 Å². The normalized spacial score (nSPS) is 34.6. The number of H-pyrrole nitrogens is 1. The Labute approximate surface area is 289 Å². The summed E-state index contributed by atoms with van der Waals surface area (Å²) in [5.74, 6) is -2.15. The minimum absolute atomic E-state index is 0. The molecule has 0 spiro atoms. The van der Waals surface area contributed by atoms with Crippen LogP contribution in [0.25, 0.3) is 0 Å². The van der Waals surface area contributed by atoms with E-state index in [2.05, 4.69) is 13.4 Å². The van der Waals surface area contributed by atoms with Crippen LogP contribution >= 0.6 is 15.6 Å². The molecule has 0 bridgehead atoms. The molecule has 21 nitrogen and oxygen atoms in total. The number of hydrogen-bond donors (Lipinski definition) is 6. The first kappa shape index (κ1) is 39.7. The van der Waals surface area contributed by atoms with Crippen molar-refractivity contribution >= 4 is 27.5 Å². The van der Waals surface area contributed by atoms with Crippen molar-refractivity contribution in [2.75, 3.05) is 13.2 Å². The Kier molecular flexibility index (Phi) is 14.1. The molecule has 0 aliphatic carbocycles. The summed E-state index contributed by atoms with van der Waals surface area (Å²) in [4.78, 5) is 74.4. The number of imide groups is 1. The van der Waals surface area contributed by atoms with E-state index in [9.17, 15) is 63.6 Å². The molecule has 1 aromatic rings. The molecule has 234 valence electrons. The van der Waals surface area contributed by atoms with Crippen LogP contribution in [0.15, 0.2) is 34.0 Å². The number of nitrogens with zero attached hydrogens (tertiary/aromatic N) is 2. The number of nitrogens with one attached hydrogen (secondary N) is 1. The van der Waals surface area contributed by atoms with Crippen LogP contribution in [0.5, 0.6) is 0 Å². The number of rotatable bonds is 10. The van der Waals surface area contributed by atoms with Crippen molar-refractivity contribution in [1.82, 2.24) is 14.5 Å². The molecular formula is C19H23N3Na2O18P2. The quantitative estimate of drug-likeness (QED) is 0.0754. The number of carbonyl (C=O) groups is 2. The Bertz CT molecular complexity index is 1440. The van der Waals surface area contributed by atoms with Crippen molar-refractivity contribution in [1.29, 1.82) is 0 Å². The third-order valence-corrected chi connectivity index (χ3v) is 8.81. The van der Waals surface area contributed by atoms with E-state index in [1.165, 1.54) is 0 Å². The average Bonchev–Trinajstić information content (AvgIpc) is 3.37. The van der Waals surface area contributed by atoms with Crippen molar-refractivity contribution in [2.45, 2.75) is 55.2 Å². The predicted molar refractivity (Wildman–Crippen MR) is 123 cm³/mol. The molecule has 2 saturated heterocycles. The topological polar surface area (TPSA) is 320 Å². The Morgan fingerprint density at radius 3 is 2.05 bits per heavy atom. The number of amides is 2. The largest absolute Gasteiger partial charge is 1.00 e. The molecule has 6 N–H and O–H groups in total. The number of carbonyl (C=O) groups excluding carboxylic acids is 2. The van der Waals surface area contributed by atoms with Gasteiger partial charge in [-0.1, -0.05) is 0 Å². The van der Waals surface area contributed by atoms with Gasteiger partial charge in [-0.3, -0.25) is 42.5 Å². The fraction of sp³-hybridized carbons (Fsp3) is 0.579. The fourth-order valence-corrected chi connectivity index (χ4v) is 6.40. The van der Waals surface area contributed by atoms with Crippen LogP contribution in [0.2, 0.25) is 0 Å². The van der Waals surface area contributed by atoms with Crippen LogP contribution in [-0.2, 0) is 41.6 Å². The van der Waals surface area contributed by atoms with Gasteiger partial charge in [-0.15, -0.1) is 0 Å². The van der Waals surface area contributed by atoms with E-state index in [0.29, 0.717) is 4.57 Å². The molecule has 1 aromatic heterocycles. The first-order chi connectivity index (χ1) is 19.5. The van der Waals surface area contributed by atoms with Crippen LogP contribution in [-0.4, -0.2) is 114 Å². The second-order valence-electron chi connectivity index (χ2n) is 9.02. The molecule has 3 aliphatic heterocycles. The third-order valence-electron chi connectivity index (χ3n) is 6.28. The fourth-order valence-electron chi connectivity index (χ4n) is 4.32. The first-order valence-corrected chi connectivity index (χ1v) is 14.6. The van der Waals surface area contributed by atoms with Gasteiger partial charge in [-0.25, -0.2) is 9.11 Å². The molecular weight excluding hydrogens is 666 g/mol. The van der Waals surface area contributed by atoms with E-state index < -0.39 is 107 Å². The molecule has 4 rings (SSSR count). The Balaban J connectivity index is 0.00000337. The number of hydrogen-bond acceptors (Lipinski definition) is 18. The predicted octanol–water partition coefficient (Wildman–Crippen LogP) is -12.1. The molecule has 4 heterocycles. The first-order valence-electron chi connectivity index (χ1n) is 11.7. The molecule has 0 aromatic carbocycles. The average molecular weight is 689 g/mol. The minimum atomic E-state index is -6.09. The van der Waals surface area contributed by atoms with Gasteiger partial charge in [0.1, 0.15) is 42.7 Å². The molecule has 11 atom stereocenters. The number of aromatic nitrogens is 2. The van der Waals surface area contributed by atoms with E-state index in [1.54, 1.807) is 0 Å². The van der Waals surface area contributed by atoms with Gasteiger partial charge < -0.3 is 49.3 Å². The van der Waals surface area contributed by atoms with E-state index in [4.69, 9.17) is 9.47 Å². The molecule has 44 heavy (non-hydrogen) atoms. The Morgan fingerprint density at radius 1 is 0.886 bits per heavy atom. The minimum Gasteiger partial charge on any atom is -0.756 e. The summed E-state index contributed by atoms with van der Waals surface area (Å²) in [7, 11) is -12.0. The Morgan fingerprint density at radius 2 is 1.48 bits per heavy atom. The maximum Gasteiger partial charge on any atom is 1.00 e. The van der Waals surface area contributed by atoms with Crippen molar-refractivity contribution < 1.29 is 136 Å². The molecule has 2 unspecified atom stereocenters. The zero-order valence-electron chi connectivity index (χ0n) is 22.8. The van der Waals surface area contributed by atoms with Crippen molar-refractivity contribution in [3.05, 3.63) is 45.3 Å². The van der Waals surface area contributed by atoms with Gasteiger partial charge >= 0.3 is 64.8 Å². The number of aliphatic hydroxyl groups is 5. The number of aromatic amines is 1. The third kappa shape index (κ3) is 8.71. The van der Waals surface area contributed by atoms with Gasteiger partial charge in [0.2, 0.25) is 0 Å². The molecule has 2 amide bonds. The van der Waals surface area contributed by atoms with Crippen LogP contribution < -0.4 is 80.2 Å². The maximum atomic E-state index is 12.5. The summed E-state index contributed by atoms with van der Waals surface area (Å²) < 4.78 is 48.7. The summed E-state index contributed by atoms with van der Waals surface area (Å²) in [6.07, 6.45) is -12.8. The van der Waals surface area contributed by atoms with Crippen molar-refractivity contribution in [3.63, 3.8) is 0 Å². The van der Waals surface area contributed by atoms with Crippen LogP contribution in [0.4, 0.5) is 0 Å². The van der Waals surface area contributed by atoms with Crippen LogP contribution in [0, 0.1) is 0 Å². The van der Waals surface area contributed by atoms with Gasteiger partial charge in [0.05, 0.1) is 13.2 Å². The molecule has 0 saturated carbocycles. The van der Waals surface area contributed by atoms with Gasteiger partial charge in [0, 0.05) is 24.4 Å². The monoisotopic (exact) mass is 689 g/mol. The van der Waals surface area contributed by atoms with Crippen LogP contribution in [0.1, 0.15) is 6.23 Å². The van der Waals surface area contributed by atoms with Gasteiger partial charge in [-0.2, -0.15) is 0 Å². The summed E-state index contributed by atoms with van der Waals surface area (Å²) in [5.41, 5.74) is -1.82. The molecule has 25 heteroatoms. The number of aliphatic hydroxyl groups excluding tert-OH is 5. The maximum absolute atomic E-state index is 12.5. The summed E-state index contributed by atoms with van der Waals surface area (Å²) in [6.45, 7) is -2.18. The SMILES string of the molecule is O=C1C=CC(=O)N1[C@H]1[C@@H](OP(=O)([O-])OP(=O)([O-])OC[C@H]2O[C@@H](n3ccc(=O)[nH]c3=O)[C@H](O)[C@@H]2O)O[C@H](CO)[C@H](O)[C@@H]1O.[Na+].[Na+]. The molecule has 3 aliphatic rings. The van der Waals surface area contributed by atoms with Gasteiger partial charge in [0.15, 0.2) is 12.5 Å². The van der Waals surface area contributed by atoms with Crippen molar-refractivity contribution in [3.8, 4) is 0 Å². The van der Waals surface area contributed by atoms with E-state index in [-0.39, 0.29) is 64.0 Å². The number of phosphoric acid groups is 2. The second-order valence-corrected chi connectivity index (χ2v) is 11.9. The van der Waals surface area contributed by atoms with Crippen molar-refractivity contribution in [2.24, 2.45) is 0 Å². The molecule has 2 fully saturated rings. The summed E-state index contributed by atoms with van der Waals surface area (Å²) >= 11 is 0. The zero-order valence-corrected chi connectivity index (χ0v) is 28.5. The zero-order chi connectivity index (χ0) is 31.1. The van der Waals surface area contributed by atoms with E-state index >= 15 is 0 Å². The van der Waals surface area contributed by atoms with Gasteiger partial charge in [-0.05, 0) is 0 Å². The van der Waals surface area contributed by atoms with E-state index in [0.717, 1.165) is 24.4 Å².